The molecule has 0 fully saturated rings. The standard InChI is InChI=1S/C25H19Cl2N3O4/c1-15-3-8-23(16(2)9-15)29-24(31)14-34-25-21(26)11-17(12-22(25)27)10-19(13-28)18-4-6-20(7-5-18)30(32)33/h3-12H,14H2,1-2H3,(H,29,31)/b19-10+. The predicted octanol–water partition coefficient (Wildman–Crippen LogP) is 6.60. The molecule has 0 bridgehead atoms. The molecule has 0 aliphatic carbocycles. The number of nitriles is 1. The SMILES string of the molecule is Cc1ccc(NC(=O)COc2c(Cl)cc(/C=C(\C#N)c3ccc([N+](=O)[O-])cc3)cc2Cl)c(C)c1. The van der Waals surface area contributed by atoms with Gasteiger partial charge in [-0.05, 0) is 66.9 Å². The summed E-state index contributed by atoms with van der Waals surface area (Å²) in [5, 5.41) is 23.5. The summed E-state index contributed by atoms with van der Waals surface area (Å²) in [7, 11) is 0. The van der Waals surface area contributed by atoms with Crippen LogP contribution in [0.5, 0.6) is 5.75 Å². The first-order valence-electron chi connectivity index (χ1n) is 10.0. The van der Waals surface area contributed by atoms with E-state index in [0.29, 0.717) is 16.8 Å². The number of benzene rings is 3. The van der Waals surface area contributed by atoms with Crippen molar-refractivity contribution in [3.8, 4) is 11.8 Å². The Bertz CT molecular complexity index is 1310. The lowest BCUT2D eigenvalue weighted by Crippen LogP contribution is -2.20. The predicted molar refractivity (Wildman–Crippen MR) is 133 cm³/mol. The van der Waals surface area contributed by atoms with E-state index in [9.17, 15) is 20.2 Å². The number of aryl methyl sites for hydroxylation is 2. The summed E-state index contributed by atoms with van der Waals surface area (Å²) in [6.45, 7) is 3.57. The molecule has 1 N–H and O–H groups in total. The van der Waals surface area contributed by atoms with Gasteiger partial charge >= 0.3 is 0 Å². The minimum Gasteiger partial charge on any atom is -0.481 e. The second-order valence-corrected chi connectivity index (χ2v) is 8.26. The van der Waals surface area contributed by atoms with Crippen molar-refractivity contribution >= 4 is 52.1 Å². The molecule has 0 saturated heterocycles. The van der Waals surface area contributed by atoms with Crippen molar-refractivity contribution < 1.29 is 14.5 Å². The molecular formula is C25H19Cl2N3O4. The Hall–Kier alpha value is -3.86. The monoisotopic (exact) mass is 495 g/mol. The largest absolute Gasteiger partial charge is 0.481 e. The average molecular weight is 496 g/mol. The van der Waals surface area contributed by atoms with E-state index in [4.69, 9.17) is 27.9 Å². The first kappa shape index (κ1) is 24.8. The van der Waals surface area contributed by atoms with E-state index >= 15 is 0 Å². The highest BCUT2D eigenvalue weighted by Crippen LogP contribution is 2.35. The lowest BCUT2D eigenvalue weighted by Gasteiger charge is -2.12. The number of rotatable bonds is 7. The zero-order chi connectivity index (χ0) is 24.8. The highest BCUT2D eigenvalue weighted by Gasteiger charge is 2.13. The molecule has 0 aliphatic heterocycles. The molecule has 3 rings (SSSR count). The Morgan fingerprint density at radius 2 is 1.76 bits per heavy atom. The highest BCUT2D eigenvalue weighted by atomic mass is 35.5. The second kappa shape index (κ2) is 10.8. The van der Waals surface area contributed by atoms with Crippen LogP contribution in [0.25, 0.3) is 11.6 Å². The molecule has 3 aromatic carbocycles. The van der Waals surface area contributed by atoms with Crippen LogP contribution in [0.3, 0.4) is 0 Å². The van der Waals surface area contributed by atoms with Gasteiger partial charge in [0.25, 0.3) is 11.6 Å². The lowest BCUT2D eigenvalue weighted by atomic mass is 10.0. The summed E-state index contributed by atoms with van der Waals surface area (Å²) in [5.74, 6) is -0.224. The van der Waals surface area contributed by atoms with Gasteiger partial charge in [-0.1, -0.05) is 40.9 Å². The van der Waals surface area contributed by atoms with Gasteiger partial charge in [0, 0.05) is 17.8 Å². The molecular weight excluding hydrogens is 477 g/mol. The molecule has 7 nitrogen and oxygen atoms in total. The first-order chi connectivity index (χ1) is 16.2. The van der Waals surface area contributed by atoms with Crippen molar-refractivity contribution in [3.63, 3.8) is 0 Å². The Kier molecular flexibility index (Phi) is 7.90. The van der Waals surface area contributed by atoms with Crippen molar-refractivity contribution in [2.24, 2.45) is 0 Å². The third kappa shape index (κ3) is 6.13. The fourth-order valence-electron chi connectivity index (χ4n) is 3.19. The number of anilines is 1. The molecule has 0 radical (unpaired) electrons. The Morgan fingerprint density at radius 1 is 1.12 bits per heavy atom. The van der Waals surface area contributed by atoms with E-state index in [1.807, 2.05) is 32.0 Å². The Morgan fingerprint density at radius 3 is 2.32 bits per heavy atom. The zero-order valence-electron chi connectivity index (χ0n) is 18.3. The number of nitrogens with one attached hydrogen (secondary N) is 1. The van der Waals surface area contributed by atoms with Crippen LogP contribution in [0.15, 0.2) is 54.6 Å². The molecule has 0 atom stereocenters. The number of amides is 1. The summed E-state index contributed by atoms with van der Waals surface area (Å²) >= 11 is 12.6. The fraction of sp³-hybridized carbons (Fsp3) is 0.120. The lowest BCUT2D eigenvalue weighted by molar-refractivity contribution is -0.384. The van der Waals surface area contributed by atoms with E-state index in [0.717, 1.165) is 11.1 Å². The maximum Gasteiger partial charge on any atom is 0.269 e. The van der Waals surface area contributed by atoms with Crippen LogP contribution in [-0.2, 0) is 4.79 Å². The Balaban J connectivity index is 1.74. The van der Waals surface area contributed by atoms with E-state index in [2.05, 4.69) is 11.4 Å². The summed E-state index contributed by atoms with van der Waals surface area (Å²) < 4.78 is 5.55. The molecule has 0 aromatic heterocycles. The number of halogens is 2. The van der Waals surface area contributed by atoms with Crippen LogP contribution >= 0.6 is 23.2 Å². The molecule has 0 saturated carbocycles. The number of nitro benzene ring substituents is 1. The van der Waals surface area contributed by atoms with E-state index in [1.165, 1.54) is 24.3 Å². The van der Waals surface area contributed by atoms with E-state index < -0.39 is 4.92 Å². The van der Waals surface area contributed by atoms with E-state index in [1.54, 1.807) is 18.2 Å². The van der Waals surface area contributed by atoms with Gasteiger partial charge in [0.2, 0.25) is 0 Å². The molecule has 3 aromatic rings. The van der Waals surface area contributed by atoms with Crippen LogP contribution in [-0.4, -0.2) is 17.4 Å². The fourth-order valence-corrected chi connectivity index (χ4v) is 3.80. The maximum absolute atomic E-state index is 12.3. The minimum absolute atomic E-state index is 0.0739. The summed E-state index contributed by atoms with van der Waals surface area (Å²) in [6, 6.07) is 16.5. The van der Waals surface area contributed by atoms with Gasteiger partial charge in [-0.2, -0.15) is 5.26 Å². The molecule has 0 spiro atoms. The quantitative estimate of drug-likeness (QED) is 0.172. The number of nitrogens with zero attached hydrogens (tertiary/aromatic N) is 2. The smallest absolute Gasteiger partial charge is 0.269 e. The zero-order valence-corrected chi connectivity index (χ0v) is 19.8. The first-order valence-corrected chi connectivity index (χ1v) is 10.8. The van der Waals surface area contributed by atoms with Crippen molar-refractivity contribution in [2.45, 2.75) is 13.8 Å². The molecule has 0 unspecified atom stereocenters. The van der Waals surface area contributed by atoms with Crippen LogP contribution < -0.4 is 10.1 Å². The normalized spacial score (nSPS) is 11.0. The topological polar surface area (TPSA) is 105 Å². The summed E-state index contributed by atoms with van der Waals surface area (Å²) in [4.78, 5) is 22.6. The third-order valence-corrected chi connectivity index (χ3v) is 5.41. The average Bonchev–Trinajstić information content (AvgIpc) is 2.79. The van der Waals surface area contributed by atoms with Crippen molar-refractivity contribution in [3.05, 3.63) is 97.0 Å². The van der Waals surface area contributed by atoms with Gasteiger partial charge in [-0.25, -0.2) is 0 Å². The number of ether oxygens (including phenoxy) is 1. The van der Waals surface area contributed by atoms with Gasteiger partial charge < -0.3 is 10.1 Å². The summed E-state index contributed by atoms with van der Waals surface area (Å²) in [6.07, 6.45) is 1.55. The van der Waals surface area contributed by atoms with E-state index in [-0.39, 0.29) is 39.6 Å². The summed E-state index contributed by atoms with van der Waals surface area (Å²) in [5.41, 5.74) is 3.93. The molecule has 0 aliphatic rings. The van der Waals surface area contributed by atoms with Crippen molar-refractivity contribution in [1.29, 1.82) is 5.26 Å². The van der Waals surface area contributed by atoms with Crippen molar-refractivity contribution in [1.82, 2.24) is 0 Å². The molecule has 1 amide bonds. The second-order valence-electron chi connectivity index (χ2n) is 7.44. The Labute approximate surface area is 206 Å². The maximum atomic E-state index is 12.3. The van der Waals surface area contributed by atoms with Gasteiger partial charge in [0.1, 0.15) is 0 Å². The van der Waals surface area contributed by atoms with Gasteiger partial charge in [-0.15, -0.1) is 0 Å². The number of carbonyl (C=O) groups excluding carboxylic acids is 1. The van der Waals surface area contributed by atoms with Crippen LogP contribution in [0, 0.1) is 35.3 Å². The number of carbonyl (C=O) groups is 1. The van der Waals surface area contributed by atoms with Crippen LogP contribution in [0.1, 0.15) is 22.3 Å². The van der Waals surface area contributed by atoms with Crippen molar-refractivity contribution in [2.75, 3.05) is 11.9 Å². The van der Waals surface area contributed by atoms with Gasteiger partial charge in [0.15, 0.2) is 12.4 Å². The third-order valence-electron chi connectivity index (χ3n) is 4.84. The van der Waals surface area contributed by atoms with Gasteiger partial charge in [-0.3, -0.25) is 14.9 Å². The highest BCUT2D eigenvalue weighted by molar-refractivity contribution is 6.37. The number of hydrogen-bond donors (Lipinski definition) is 1. The minimum atomic E-state index is -0.514. The van der Waals surface area contributed by atoms with Crippen LogP contribution in [0.2, 0.25) is 10.0 Å². The number of nitro groups is 1. The molecule has 34 heavy (non-hydrogen) atoms. The molecule has 172 valence electrons. The van der Waals surface area contributed by atoms with Crippen LogP contribution in [0.4, 0.5) is 11.4 Å². The molecule has 9 heteroatoms. The number of allylic oxidation sites excluding steroid dienone is 1. The van der Waals surface area contributed by atoms with Gasteiger partial charge in [0.05, 0.1) is 26.6 Å². The molecule has 0 heterocycles. The number of non-ortho nitro benzene ring substituents is 1. The number of hydrogen-bond acceptors (Lipinski definition) is 5.